The molecule has 0 aromatic carbocycles. The molecule has 182 valence electrons. The quantitative estimate of drug-likeness (QED) is 0.265. The van der Waals surface area contributed by atoms with E-state index in [9.17, 15) is 14.4 Å². The molecule has 0 fully saturated rings. The van der Waals surface area contributed by atoms with Gasteiger partial charge in [-0.1, -0.05) is 41.5 Å². The fourth-order valence-electron chi connectivity index (χ4n) is 2.46. The van der Waals surface area contributed by atoms with Crippen molar-refractivity contribution in [2.45, 2.75) is 59.3 Å². The number of thioether (sulfide) groups is 1. The third-order valence-electron chi connectivity index (χ3n) is 4.09. The summed E-state index contributed by atoms with van der Waals surface area (Å²) in [4.78, 5) is 37.0. The van der Waals surface area contributed by atoms with Crippen LogP contribution in [0.15, 0.2) is 0 Å². The molecule has 0 radical (unpaired) electrons. The molecule has 0 aliphatic carbocycles. The van der Waals surface area contributed by atoms with Crippen molar-refractivity contribution in [3.05, 3.63) is 0 Å². The Labute approximate surface area is 192 Å². The zero-order chi connectivity index (χ0) is 23.8. The zero-order valence-electron chi connectivity index (χ0n) is 20.1. The lowest BCUT2D eigenvalue weighted by atomic mass is 10.0. The number of ketones is 1. The molecule has 0 saturated heterocycles. The van der Waals surface area contributed by atoms with E-state index in [1.807, 2.05) is 0 Å². The van der Waals surface area contributed by atoms with Crippen molar-refractivity contribution in [3.8, 4) is 0 Å². The highest BCUT2D eigenvalue weighted by Gasteiger charge is 2.25. The molecule has 31 heavy (non-hydrogen) atoms. The number of carbonyl (C=O) groups excluding carboxylic acids is 3. The lowest BCUT2D eigenvalue weighted by Gasteiger charge is -2.19. The molecule has 0 aromatic heterocycles. The highest BCUT2D eigenvalue weighted by Crippen LogP contribution is 2.17. The molecule has 1 unspecified atom stereocenters. The summed E-state index contributed by atoms with van der Waals surface area (Å²) in [5.41, 5.74) is 5.96. The first-order valence-electron chi connectivity index (χ1n) is 11.1. The van der Waals surface area contributed by atoms with E-state index < -0.39 is 11.3 Å². The summed E-state index contributed by atoms with van der Waals surface area (Å²) in [6, 6.07) is -0.665. The first-order valence-corrected chi connectivity index (χ1v) is 12.2. The molecule has 9 heteroatoms. The number of rotatable bonds is 18. The molecule has 8 nitrogen and oxygen atoms in total. The van der Waals surface area contributed by atoms with Gasteiger partial charge in [-0.2, -0.15) is 0 Å². The van der Waals surface area contributed by atoms with Crippen molar-refractivity contribution in [1.29, 1.82) is 0 Å². The van der Waals surface area contributed by atoms with Crippen LogP contribution in [0.4, 0.5) is 0 Å². The van der Waals surface area contributed by atoms with E-state index in [-0.39, 0.29) is 35.7 Å². The monoisotopic (exact) mass is 461 g/mol. The maximum absolute atomic E-state index is 12.6. The number of amides is 2. The van der Waals surface area contributed by atoms with E-state index >= 15 is 0 Å². The topological polar surface area (TPSA) is 120 Å². The van der Waals surface area contributed by atoms with Gasteiger partial charge in [-0.3, -0.25) is 14.4 Å². The molecule has 0 heterocycles. The molecule has 2 amide bonds. The fraction of sp³-hybridized carbons (Fsp3) is 0.864. The van der Waals surface area contributed by atoms with Crippen LogP contribution in [0.3, 0.4) is 0 Å². The molecular weight excluding hydrogens is 418 g/mol. The van der Waals surface area contributed by atoms with Gasteiger partial charge in [0.15, 0.2) is 5.78 Å². The van der Waals surface area contributed by atoms with Gasteiger partial charge in [0.2, 0.25) is 11.8 Å². The molecule has 0 saturated carbocycles. The van der Waals surface area contributed by atoms with E-state index in [1.54, 1.807) is 13.8 Å². The number of Topliss-reactive ketones (excluding diaryl/α,β-unsaturated/α-hetero) is 1. The Balaban J connectivity index is 4.61. The van der Waals surface area contributed by atoms with Crippen molar-refractivity contribution >= 4 is 29.4 Å². The molecule has 0 bridgehead atoms. The van der Waals surface area contributed by atoms with Crippen molar-refractivity contribution in [1.82, 2.24) is 10.6 Å². The molecule has 0 aromatic rings. The average Bonchev–Trinajstić information content (AvgIpc) is 2.68. The number of carbonyl (C=O) groups is 3. The number of nitrogens with one attached hydrogen (secondary N) is 2. The van der Waals surface area contributed by atoms with Gasteiger partial charge in [-0.25, -0.2) is 0 Å². The van der Waals surface area contributed by atoms with Gasteiger partial charge in [0.25, 0.3) is 0 Å². The van der Waals surface area contributed by atoms with E-state index in [1.165, 1.54) is 11.8 Å². The molecule has 0 rings (SSSR count). The van der Waals surface area contributed by atoms with Gasteiger partial charge >= 0.3 is 0 Å². The Hall–Kier alpha value is -1.16. The third-order valence-corrected chi connectivity index (χ3v) is 5.43. The Kier molecular flexibility index (Phi) is 16.8. The van der Waals surface area contributed by atoms with Gasteiger partial charge in [-0.05, 0) is 11.8 Å². The van der Waals surface area contributed by atoms with Crippen LogP contribution in [0.5, 0.6) is 0 Å². The van der Waals surface area contributed by atoms with Crippen LogP contribution in [0, 0.1) is 17.8 Å². The number of nitrogens with two attached hydrogens (primary N) is 1. The lowest BCUT2D eigenvalue weighted by Crippen LogP contribution is -2.41. The number of hydrogen-bond donors (Lipinski definition) is 3. The van der Waals surface area contributed by atoms with Gasteiger partial charge in [0.05, 0.1) is 24.5 Å². The van der Waals surface area contributed by atoms with Crippen molar-refractivity contribution in [3.63, 3.8) is 0 Å². The second-order valence-corrected chi connectivity index (χ2v) is 10.0. The largest absolute Gasteiger partial charge is 0.379 e. The Morgan fingerprint density at radius 2 is 1.39 bits per heavy atom. The zero-order valence-corrected chi connectivity index (χ0v) is 20.9. The van der Waals surface area contributed by atoms with E-state index in [0.29, 0.717) is 51.4 Å². The predicted octanol–water partition coefficient (Wildman–Crippen LogP) is 1.61. The van der Waals surface area contributed by atoms with Crippen LogP contribution in [-0.4, -0.2) is 74.2 Å². The maximum Gasteiger partial charge on any atom is 0.233 e. The lowest BCUT2D eigenvalue weighted by molar-refractivity contribution is -0.126. The van der Waals surface area contributed by atoms with Crippen LogP contribution < -0.4 is 16.4 Å². The van der Waals surface area contributed by atoms with Crippen LogP contribution in [0.25, 0.3) is 0 Å². The minimum atomic E-state index is -0.665. The minimum absolute atomic E-state index is 0.0100. The summed E-state index contributed by atoms with van der Waals surface area (Å²) < 4.78 is 10.9. The fourth-order valence-corrected chi connectivity index (χ4v) is 3.57. The van der Waals surface area contributed by atoms with Crippen LogP contribution in [-0.2, 0) is 23.9 Å². The van der Waals surface area contributed by atoms with Gasteiger partial charge in [0.1, 0.15) is 0 Å². The maximum atomic E-state index is 12.6. The summed E-state index contributed by atoms with van der Waals surface area (Å²) in [6.45, 7) is 14.7. The molecule has 0 aliphatic rings. The molecule has 2 atom stereocenters. The normalized spacial score (nSPS) is 13.5. The van der Waals surface area contributed by atoms with Crippen molar-refractivity contribution < 1.29 is 23.9 Å². The molecular formula is C22H43N3O5S. The Morgan fingerprint density at radius 1 is 0.871 bits per heavy atom. The smallest absolute Gasteiger partial charge is 0.233 e. The highest BCUT2D eigenvalue weighted by atomic mass is 32.2. The molecule has 0 spiro atoms. The van der Waals surface area contributed by atoms with Gasteiger partial charge < -0.3 is 25.8 Å². The van der Waals surface area contributed by atoms with E-state index in [0.717, 1.165) is 0 Å². The molecule has 0 aliphatic heterocycles. The minimum Gasteiger partial charge on any atom is -0.379 e. The van der Waals surface area contributed by atoms with Crippen molar-refractivity contribution in [2.75, 3.05) is 45.3 Å². The van der Waals surface area contributed by atoms with Crippen LogP contribution in [0.1, 0.15) is 48.0 Å². The Morgan fingerprint density at radius 3 is 1.87 bits per heavy atom. The number of hydrogen-bond acceptors (Lipinski definition) is 7. The Bertz CT molecular complexity index is 529. The SMILES string of the molecule is CC(C)COCCNC(=O)CC(SC[C@H](N)C(=O)C(C)C)C(=O)NCCOCC(C)C. The van der Waals surface area contributed by atoms with E-state index in [2.05, 4.69) is 38.3 Å². The number of ether oxygens (including phenoxy) is 2. The van der Waals surface area contributed by atoms with Gasteiger partial charge in [-0.15, -0.1) is 11.8 Å². The average molecular weight is 462 g/mol. The summed E-state index contributed by atoms with van der Waals surface area (Å²) in [6.07, 6.45) is 0.0100. The highest BCUT2D eigenvalue weighted by molar-refractivity contribution is 8.00. The van der Waals surface area contributed by atoms with Crippen LogP contribution >= 0.6 is 11.8 Å². The van der Waals surface area contributed by atoms with Crippen molar-refractivity contribution in [2.24, 2.45) is 23.5 Å². The van der Waals surface area contributed by atoms with Crippen LogP contribution in [0.2, 0.25) is 0 Å². The standard InChI is InChI=1S/C22H43N3O5S/c1-15(2)12-29-9-7-24-20(26)11-19(31-14-18(23)21(27)17(5)6)22(28)25-8-10-30-13-16(3)4/h15-19H,7-14,23H2,1-6H3,(H,24,26)(H,25,28)/t18-,19?/m0/s1. The summed E-state index contributed by atoms with van der Waals surface area (Å²) in [5.74, 6) is 0.420. The first-order chi connectivity index (χ1) is 14.5. The first kappa shape index (κ1) is 29.8. The third kappa shape index (κ3) is 16.2. The predicted molar refractivity (Wildman–Crippen MR) is 126 cm³/mol. The second kappa shape index (κ2) is 17.4. The van der Waals surface area contributed by atoms with Gasteiger partial charge in [0, 0.05) is 44.4 Å². The second-order valence-electron chi connectivity index (χ2n) is 8.77. The summed E-state index contributed by atoms with van der Waals surface area (Å²) in [5, 5.41) is 4.96. The molecule has 4 N–H and O–H groups in total. The summed E-state index contributed by atoms with van der Waals surface area (Å²) >= 11 is 1.24. The van der Waals surface area contributed by atoms with E-state index in [4.69, 9.17) is 15.2 Å². The summed E-state index contributed by atoms with van der Waals surface area (Å²) in [7, 11) is 0.